The molecule has 112 valence electrons. The topological polar surface area (TPSA) is 60.2 Å². The second-order valence-electron chi connectivity index (χ2n) is 4.58. The molecule has 1 unspecified atom stereocenters. The van der Waals surface area contributed by atoms with Gasteiger partial charge in [0.2, 0.25) is 0 Å². The van der Waals surface area contributed by atoms with Gasteiger partial charge >= 0.3 is 6.18 Å². The fourth-order valence-electron chi connectivity index (χ4n) is 2.13. The second kappa shape index (κ2) is 5.45. The molecule has 0 aliphatic carbocycles. The molecule has 2 aromatic rings. The molecule has 1 aromatic heterocycles. The van der Waals surface area contributed by atoms with Crippen LogP contribution >= 0.6 is 0 Å². The third kappa shape index (κ3) is 2.91. The highest BCUT2D eigenvalue weighted by atomic mass is 19.4. The van der Waals surface area contributed by atoms with Gasteiger partial charge in [0.1, 0.15) is 0 Å². The third-order valence-electron chi connectivity index (χ3n) is 3.14. The Hall–Kier alpha value is -1.93. The summed E-state index contributed by atoms with van der Waals surface area (Å²) in [6, 6.07) is 4.84. The number of hydrogen-bond acceptors (Lipinski definition) is 5. The number of aromatic nitrogens is 2. The van der Waals surface area contributed by atoms with Gasteiger partial charge in [-0.15, -0.1) is 0 Å². The fourth-order valence-corrected chi connectivity index (χ4v) is 2.13. The number of alkyl halides is 3. The molecule has 0 spiro atoms. The number of halogens is 3. The van der Waals surface area contributed by atoms with E-state index in [1.165, 1.54) is 18.2 Å². The van der Waals surface area contributed by atoms with Crippen LogP contribution in [0.25, 0.3) is 11.5 Å². The molecular weight excluding hydrogens is 287 g/mol. The maximum absolute atomic E-state index is 13.0. The molecule has 1 aliphatic heterocycles. The number of rotatable bonds is 2. The summed E-state index contributed by atoms with van der Waals surface area (Å²) in [5, 5.41) is 6.86. The Morgan fingerprint density at radius 3 is 2.76 bits per heavy atom. The van der Waals surface area contributed by atoms with Gasteiger partial charge in [0.05, 0.1) is 30.4 Å². The molecule has 3 rings (SSSR count). The molecule has 1 saturated heterocycles. The Labute approximate surface area is 118 Å². The number of nitrogens with zero attached hydrogens (tertiary/aromatic N) is 2. The first-order valence-corrected chi connectivity index (χ1v) is 6.37. The molecule has 21 heavy (non-hydrogen) atoms. The Morgan fingerprint density at radius 2 is 2.05 bits per heavy atom. The first-order valence-electron chi connectivity index (χ1n) is 6.37. The summed E-state index contributed by atoms with van der Waals surface area (Å²) >= 11 is 0. The van der Waals surface area contributed by atoms with E-state index in [1.54, 1.807) is 0 Å². The van der Waals surface area contributed by atoms with Crippen molar-refractivity contribution in [3.8, 4) is 11.5 Å². The standard InChI is InChI=1S/C13H12F3N3O2/c14-13(15,16)9-4-2-1-3-8(9)12-18-11(19-21-12)10-7-20-6-5-17-10/h1-4,10,17H,5-7H2. The highest BCUT2D eigenvalue weighted by molar-refractivity contribution is 5.59. The Morgan fingerprint density at radius 1 is 1.24 bits per heavy atom. The lowest BCUT2D eigenvalue weighted by Crippen LogP contribution is -2.35. The SMILES string of the molecule is FC(F)(F)c1ccccc1-c1nc(C2COCCN2)no1. The van der Waals surface area contributed by atoms with Crippen molar-refractivity contribution in [2.45, 2.75) is 12.2 Å². The molecule has 8 heteroatoms. The van der Waals surface area contributed by atoms with Crippen molar-refractivity contribution >= 4 is 0 Å². The van der Waals surface area contributed by atoms with Crippen molar-refractivity contribution < 1.29 is 22.4 Å². The summed E-state index contributed by atoms with van der Waals surface area (Å²) in [5.74, 6) is 0.145. The molecular formula is C13H12F3N3O2. The van der Waals surface area contributed by atoms with Crippen molar-refractivity contribution in [1.82, 2.24) is 15.5 Å². The summed E-state index contributed by atoms with van der Waals surface area (Å²) in [7, 11) is 0. The quantitative estimate of drug-likeness (QED) is 0.923. The van der Waals surface area contributed by atoms with Crippen LogP contribution in [-0.2, 0) is 10.9 Å². The van der Waals surface area contributed by atoms with Crippen LogP contribution < -0.4 is 5.32 Å². The van der Waals surface area contributed by atoms with Gasteiger partial charge < -0.3 is 14.6 Å². The van der Waals surface area contributed by atoms with Crippen LogP contribution in [0.2, 0.25) is 0 Å². The molecule has 0 saturated carbocycles. The molecule has 0 bridgehead atoms. The first-order chi connectivity index (χ1) is 10.1. The number of benzene rings is 1. The van der Waals surface area contributed by atoms with E-state index in [2.05, 4.69) is 15.5 Å². The van der Waals surface area contributed by atoms with E-state index in [0.717, 1.165) is 6.07 Å². The second-order valence-corrected chi connectivity index (χ2v) is 4.58. The average Bonchev–Trinajstić information content (AvgIpc) is 2.97. The van der Waals surface area contributed by atoms with Gasteiger partial charge in [-0.3, -0.25) is 0 Å². The van der Waals surface area contributed by atoms with E-state index in [4.69, 9.17) is 9.26 Å². The number of nitrogens with one attached hydrogen (secondary N) is 1. The maximum atomic E-state index is 13.0. The van der Waals surface area contributed by atoms with Crippen LogP contribution in [0.5, 0.6) is 0 Å². The predicted molar refractivity (Wildman–Crippen MR) is 66.3 cm³/mol. The molecule has 0 radical (unpaired) electrons. The minimum absolute atomic E-state index is 0.125. The third-order valence-corrected chi connectivity index (χ3v) is 3.14. The largest absolute Gasteiger partial charge is 0.417 e. The van der Waals surface area contributed by atoms with Gasteiger partial charge in [-0.2, -0.15) is 18.2 Å². The molecule has 1 aromatic carbocycles. The van der Waals surface area contributed by atoms with Crippen LogP contribution in [0.3, 0.4) is 0 Å². The van der Waals surface area contributed by atoms with Crippen molar-refractivity contribution in [2.24, 2.45) is 0 Å². The summed E-state index contributed by atoms with van der Waals surface area (Å²) in [6.45, 7) is 1.58. The number of ether oxygens (including phenoxy) is 1. The number of hydrogen-bond donors (Lipinski definition) is 1. The van der Waals surface area contributed by atoms with E-state index in [9.17, 15) is 13.2 Å². The lowest BCUT2D eigenvalue weighted by molar-refractivity contribution is -0.137. The normalized spacial score (nSPS) is 19.7. The fraction of sp³-hybridized carbons (Fsp3) is 0.385. The Kier molecular flexibility index (Phi) is 3.64. The van der Waals surface area contributed by atoms with Crippen LogP contribution in [0.4, 0.5) is 13.2 Å². The molecule has 5 nitrogen and oxygen atoms in total. The zero-order valence-electron chi connectivity index (χ0n) is 10.9. The van der Waals surface area contributed by atoms with E-state index >= 15 is 0 Å². The molecule has 1 N–H and O–H groups in total. The van der Waals surface area contributed by atoms with Gasteiger partial charge in [-0.25, -0.2) is 0 Å². The Bertz CT molecular complexity index is 621. The van der Waals surface area contributed by atoms with E-state index in [1.807, 2.05) is 0 Å². The minimum atomic E-state index is -4.47. The highest BCUT2D eigenvalue weighted by Gasteiger charge is 2.35. The van der Waals surface area contributed by atoms with Crippen LogP contribution in [0.15, 0.2) is 28.8 Å². The summed E-state index contributed by atoms with van der Waals surface area (Å²) in [4.78, 5) is 4.06. The zero-order valence-corrected chi connectivity index (χ0v) is 10.9. The maximum Gasteiger partial charge on any atom is 0.417 e. The molecule has 2 heterocycles. The lowest BCUT2D eigenvalue weighted by atomic mass is 10.1. The lowest BCUT2D eigenvalue weighted by Gasteiger charge is -2.20. The minimum Gasteiger partial charge on any atom is -0.378 e. The van der Waals surface area contributed by atoms with Gasteiger partial charge in [0, 0.05) is 6.54 Å². The van der Waals surface area contributed by atoms with E-state index in [0.29, 0.717) is 25.6 Å². The van der Waals surface area contributed by atoms with Crippen molar-refractivity contribution in [1.29, 1.82) is 0 Å². The molecule has 1 fully saturated rings. The molecule has 1 atom stereocenters. The number of morpholine rings is 1. The smallest absolute Gasteiger partial charge is 0.378 e. The zero-order chi connectivity index (χ0) is 14.9. The predicted octanol–water partition coefficient (Wildman–Crippen LogP) is 2.42. The Balaban J connectivity index is 1.93. The van der Waals surface area contributed by atoms with Crippen LogP contribution in [-0.4, -0.2) is 29.9 Å². The molecule has 1 aliphatic rings. The van der Waals surface area contributed by atoms with Gasteiger partial charge in [0.25, 0.3) is 5.89 Å². The highest BCUT2D eigenvalue weighted by Crippen LogP contribution is 2.36. The van der Waals surface area contributed by atoms with Crippen molar-refractivity contribution in [3.05, 3.63) is 35.7 Å². The van der Waals surface area contributed by atoms with Crippen LogP contribution in [0, 0.1) is 0 Å². The van der Waals surface area contributed by atoms with E-state index in [-0.39, 0.29) is 17.5 Å². The van der Waals surface area contributed by atoms with E-state index < -0.39 is 11.7 Å². The molecule has 0 amide bonds. The summed E-state index contributed by atoms with van der Waals surface area (Å²) in [6.07, 6.45) is -4.47. The monoisotopic (exact) mass is 299 g/mol. The van der Waals surface area contributed by atoms with Crippen LogP contribution in [0.1, 0.15) is 17.4 Å². The van der Waals surface area contributed by atoms with Crippen molar-refractivity contribution in [3.63, 3.8) is 0 Å². The van der Waals surface area contributed by atoms with Gasteiger partial charge in [-0.1, -0.05) is 17.3 Å². The summed E-state index contributed by atoms with van der Waals surface area (Å²) in [5.41, 5.74) is -0.923. The van der Waals surface area contributed by atoms with Gasteiger partial charge in [0.15, 0.2) is 5.82 Å². The summed E-state index contributed by atoms with van der Waals surface area (Å²) < 4.78 is 49.2. The van der Waals surface area contributed by atoms with Crippen molar-refractivity contribution in [2.75, 3.05) is 19.8 Å². The van der Waals surface area contributed by atoms with Gasteiger partial charge in [-0.05, 0) is 12.1 Å². The first kappa shape index (κ1) is 14.0. The average molecular weight is 299 g/mol.